The van der Waals surface area contributed by atoms with Gasteiger partial charge in [-0.2, -0.15) is 5.21 Å². The Kier molecular flexibility index (Phi) is 3.13. The first-order chi connectivity index (χ1) is 10.1. The molecule has 1 unspecified atom stereocenters. The molecule has 0 radical (unpaired) electrons. The van der Waals surface area contributed by atoms with Gasteiger partial charge < -0.3 is 9.73 Å². The second-order valence-corrected chi connectivity index (χ2v) is 4.66. The van der Waals surface area contributed by atoms with Crippen LogP contribution in [0, 0.1) is 12.7 Å². The van der Waals surface area contributed by atoms with Crippen molar-refractivity contribution in [2.75, 3.05) is 0 Å². The molecule has 3 rings (SSSR count). The molecule has 0 saturated carbocycles. The second-order valence-electron chi connectivity index (χ2n) is 4.66. The molecule has 0 saturated heterocycles. The number of benzene rings is 1. The van der Waals surface area contributed by atoms with E-state index in [1.165, 1.54) is 18.2 Å². The zero-order chi connectivity index (χ0) is 15.0. The second kappa shape index (κ2) is 4.97. The zero-order valence-corrected chi connectivity index (χ0v) is 11.3. The number of H-pyrrole nitrogens is 1. The number of aromatic amines is 1. The van der Waals surface area contributed by atoms with Gasteiger partial charge in [-0.3, -0.25) is 4.79 Å². The third-order valence-corrected chi connectivity index (χ3v) is 3.20. The van der Waals surface area contributed by atoms with E-state index in [0.717, 1.165) is 0 Å². The number of nitrogens with zero attached hydrogens (tertiary/aromatic N) is 3. The first-order valence-electron chi connectivity index (χ1n) is 6.29. The van der Waals surface area contributed by atoms with Gasteiger partial charge >= 0.3 is 0 Å². The van der Waals surface area contributed by atoms with Crippen molar-refractivity contribution < 1.29 is 13.6 Å². The van der Waals surface area contributed by atoms with Crippen molar-refractivity contribution in [3.8, 4) is 0 Å². The Morgan fingerprint density at radius 2 is 2.29 bits per heavy atom. The Labute approximate surface area is 118 Å². The third-order valence-electron chi connectivity index (χ3n) is 3.20. The fraction of sp³-hybridized carbons (Fsp3) is 0.231. The van der Waals surface area contributed by atoms with Crippen LogP contribution < -0.4 is 5.32 Å². The molecule has 1 atom stereocenters. The van der Waals surface area contributed by atoms with Crippen LogP contribution in [-0.4, -0.2) is 26.5 Å². The Hall–Kier alpha value is -2.77. The summed E-state index contributed by atoms with van der Waals surface area (Å²) in [6, 6.07) is 3.69. The van der Waals surface area contributed by atoms with Gasteiger partial charge in [0.1, 0.15) is 11.4 Å². The molecule has 8 heteroatoms. The maximum atomic E-state index is 13.3. The molecule has 1 aromatic carbocycles. The number of furan rings is 1. The Balaban J connectivity index is 1.89. The van der Waals surface area contributed by atoms with E-state index in [-0.39, 0.29) is 11.6 Å². The molecule has 21 heavy (non-hydrogen) atoms. The summed E-state index contributed by atoms with van der Waals surface area (Å²) in [6.07, 6.45) is 0. The van der Waals surface area contributed by atoms with Crippen molar-refractivity contribution in [3.05, 3.63) is 41.2 Å². The van der Waals surface area contributed by atoms with Crippen molar-refractivity contribution in [2.24, 2.45) is 0 Å². The monoisotopic (exact) mass is 289 g/mol. The average molecular weight is 289 g/mol. The molecule has 0 bridgehead atoms. The maximum absolute atomic E-state index is 13.3. The molecule has 0 aliphatic heterocycles. The van der Waals surface area contributed by atoms with Crippen LogP contribution in [0.25, 0.3) is 11.0 Å². The highest BCUT2D eigenvalue weighted by molar-refractivity contribution is 5.99. The number of carbonyl (C=O) groups excluding carboxylic acids is 1. The number of halogens is 1. The van der Waals surface area contributed by atoms with Gasteiger partial charge in [-0.05, 0) is 32.0 Å². The number of nitrogens with one attached hydrogen (secondary N) is 2. The molecule has 0 fully saturated rings. The van der Waals surface area contributed by atoms with Crippen LogP contribution in [0.5, 0.6) is 0 Å². The van der Waals surface area contributed by atoms with Crippen LogP contribution in [0.4, 0.5) is 4.39 Å². The summed E-state index contributed by atoms with van der Waals surface area (Å²) in [5, 5.41) is 16.6. The van der Waals surface area contributed by atoms with Crippen molar-refractivity contribution in [1.29, 1.82) is 0 Å². The van der Waals surface area contributed by atoms with Gasteiger partial charge in [-0.1, -0.05) is 5.21 Å². The molecule has 2 N–H and O–H groups in total. The number of hydrogen-bond donors (Lipinski definition) is 2. The quantitative estimate of drug-likeness (QED) is 0.767. The van der Waals surface area contributed by atoms with Crippen LogP contribution in [0.15, 0.2) is 22.6 Å². The van der Waals surface area contributed by atoms with Crippen LogP contribution in [0.1, 0.15) is 34.9 Å². The molecule has 0 aliphatic carbocycles. The first kappa shape index (κ1) is 13.2. The summed E-state index contributed by atoms with van der Waals surface area (Å²) < 4.78 is 18.7. The van der Waals surface area contributed by atoms with E-state index in [1.807, 2.05) is 0 Å². The van der Waals surface area contributed by atoms with Crippen LogP contribution >= 0.6 is 0 Å². The van der Waals surface area contributed by atoms with E-state index in [2.05, 4.69) is 25.9 Å². The highest BCUT2D eigenvalue weighted by atomic mass is 19.1. The fourth-order valence-corrected chi connectivity index (χ4v) is 2.09. The molecular weight excluding hydrogens is 277 g/mol. The van der Waals surface area contributed by atoms with E-state index in [0.29, 0.717) is 22.4 Å². The van der Waals surface area contributed by atoms with E-state index in [9.17, 15) is 9.18 Å². The summed E-state index contributed by atoms with van der Waals surface area (Å²) in [5.74, 6) is -0.283. The van der Waals surface area contributed by atoms with Crippen molar-refractivity contribution in [2.45, 2.75) is 19.9 Å². The number of tetrazole rings is 1. The van der Waals surface area contributed by atoms with Gasteiger partial charge in [0.2, 0.25) is 0 Å². The Bertz CT molecular complexity index is 796. The standard InChI is InChI=1S/C13H12FN5O2/c1-6-9-5-8(14)3-4-10(9)21-11(6)13(20)15-7(2)12-16-18-19-17-12/h3-5,7H,1-2H3,(H,15,20)(H,16,17,18,19). The number of rotatable bonds is 3. The van der Waals surface area contributed by atoms with Gasteiger partial charge in [-0.25, -0.2) is 4.39 Å². The van der Waals surface area contributed by atoms with E-state index >= 15 is 0 Å². The zero-order valence-electron chi connectivity index (χ0n) is 11.3. The summed E-state index contributed by atoms with van der Waals surface area (Å²) in [4.78, 5) is 12.2. The minimum Gasteiger partial charge on any atom is -0.451 e. The van der Waals surface area contributed by atoms with Gasteiger partial charge in [-0.15, -0.1) is 10.2 Å². The highest BCUT2D eigenvalue weighted by Gasteiger charge is 2.21. The normalized spacial score (nSPS) is 12.5. The molecular formula is C13H12FN5O2. The summed E-state index contributed by atoms with van der Waals surface area (Å²) in [6.45, 7) is 3.43. The lowest BCUT2D eigenvalue weighted by atomic mass is 10.1. The molecule has 7 nitrogen and oxygen atoms in total. The average Bonchev–Trinajstić information content (AvgIpc) is 3.08. The largest absolute Gasteiger partial charge is 0.451 e. The maximum Gasteiger partial charge on any atom is 0.287 e. The summed E-state index contributed by atoms with van der Waals surface area (Å²) in [5.41, 5.74) is 1.05. The number of amides is 1. The molecule has 2 heterocycles. The third kappa shape index (κ3) is 2.35. The smallest absolute Gasteiger partial charge is 0.287 e. The number of aromatic nitrogens is 4. The fourth-order valence-electron chi connectivity index (χ4n) is 2.09. The van der Waals surface area contributed by atoms with Crippen molar-refractivity contribution >= 4 is 16.9 Å². The van der Waals surface area contributed by atoms with Crippen LogP contribution in [-0.2, 0) is 0 Å². The molecule has 3 aromatic rings. The Morgan fingerprint density at radius 3 is 3.00 bits per heavy atom. The van der Waals surface area contributed by atoms with Crippen LogP contribution in [0.2, 0.25) is 0 Å². The Morgan fingerprint density at radius 1 is 1.48 bits per heavy atom. The molecule has 0 spiro atoms. The highest BCUT2D eigenvalue weighted by Crippen LogP contribution is 2.26. The lowest BCUT2D eigenvalue weighted by molar-refractivity contribution is 0.0911. The predicted octanol–water partition coefficient (Wildman–Crippen LogP) is 1.88. The number of carbonyl (C=O) groups is 1. The van der Waals surface area contributed by atoms with Gasteiger partial charge in [0.05, 0.1) is 6.04 Å². The molecule has 108 valence electrons. The SMILES string of the molecule is Cc1c(C(=O)NC(C)c2nn[nH]n2)oc2ccc(F)cc12. The number of hydrogen-bond acceptors (Lipinski definition) is 5. The molecule has 0 aliphatic rings. The summed E-state index contributed by atoms with van der Waals surface area (Å²) >= 11 is 0. The van der Waals surface area contributed by atoms with Crippen LogP contribution in [0.3, 0.4) is 0 Å². The molecule has 2 aromatic heterocycles. The predicted molar refractivity (Wildman–Crippen MR) is 71.0 cm³/mol. The van der Waals surface area contributed by atoms with Gasteiger partial charge in [0, 0.05) is 10.9 Å². The molecule has 1 amide bonds. The minimum absolute atomic E-state index is 0.144. The van der Waals surface area contributed by atoms with E-state index < -0.39 is 11.9 Å². The van der Waals surface area contributed by atoms with E-state index in [4.69, 9.17) is 4.42 Å². The topological polar surface area (TPSA) is 96.7 Å². The number of fused-ring (bicyclic) bond motifs is 1. The van der Waals surface area contributed by atoms with Gasteiger partial charge in [0.25, 0.3) is 5.91 Å². The van der Waals surface area contributed by atoms with Crippen molar-refractivity contribution in [3.63, 3.8) is 0 Å². The minimum atomic E-state index is -0.430. The number of aryl methyl sites for hydroxylation is 1. The summed E-state index contributed by atoms with van der Waals surface area (Å²) in [7, 11) is 0. The lowest BCUT2D eigenvalue weighted by Gasteiger charge is -2.08. The van der Waals surface area contributed by atoms with Gasteiger partial charge in [0.15, 0.2) is 11.6 Å². The van der Waals surface area contributed by atoms with Crippen molar-refractivity contribution in [1.82, 2.24) is 25.9 Å². The first-order valence-corrected chi connectivity index (χ1v) is 6.29. The van der Waals surface area contributed by atoms with E-state index in [1.54, 1.807) is 13.8 Å². The lowest BCUT2D eigenvalue weighted by Crippen LogP contribution is -2.27.